The van der Waals surface area contributed by atoms with Gasteiger partial charge < -0.3 is 4.90 Å². The molecule has 0 unspecified atom stereocenters. The Kier molecular flexibility index (Phi) is 3.67. The number of anilines is 1. The lowest BCUT2D eigenvalue weighted by atomic mass is 10.3. The first kappa shape index (κ1) is 12.2. The van der Waals surface area contributed by atoms with Gasteiger partial charge in [0.1, 0.15) is 0 Å². The minimum absolute atomic E-state index is 0.651. The zero-order chi connectivity index (χ0) is 13.0. The molecule has 0 aliphatic rings. The molecule has 0 bridgehead atoms. The summed E-state index contributed by atoms with van der Waals surface area (Å²) in [6.07, 6.45) is 3.55. The predicted molar refractivity (Wildman–Crippen MR) is 74.5 cm³/mol. The Morgan fingerprint density at radius 3 is 2.56 bits per heavy atom. The summed E-state index contributed by atoms with van der Waals surface area (Å²) in [5.41, 5.74) is 2.99. The number of aromatic nitrogens is 2. The lowest BCUT2D eigenvalue weighted by Crippen LogP contribution is -2.17. The molecule has 2 rings (SSSR count). The topological polar surface area (TPSA) is 41.4 Å². The van der Waals surface area contributed by atoms with Crippen LogP contribution in [-0.2, 0) is 0 Å². The molecule has 1 aromatic carbocycles. The van der Waals surface area contributed by atoms with Crippen LogP contribution in [0.1, 0.15) is 11.3 Å². The molecule has 0 radical (unpaired) electrons. The van der Waals surface area contributed by atoms with Gasteiger partial charge in [0.2, 0.25) is 5.95 Å². The molecule has 0 atom stereocenters. The van der Waals surface area contributed by atoms with Gasteiger partial charge in [-0.1, -0.05) is 18.2 Å². The van der Waals surface area contributed by atoms with E-state index >= 15 is 0 Å². The number of benzene rings is 1. The maximum atomic E-state index is 4.41. The normalized spacial score (nSPS) is 10.8. The Balaban J connectivity index is 2.14. The zero-order valence-electron chi connectivity index (χ0n) is 10.8. The van der Waals surface area contributed by atoms with E-state index in [2.05, 4.69) is 15.0 Å². The van der Waals surface area contributed by atoms with Crippen molar-refractivity contribution in [3.05, 3.63) is 47.8 Å². The number of hydrogen-bond donors (Lipinski definition) is 0. The monoisotopic (exact) mass is 240 g/mol. The highest BCUT2D eigenvalue weighted by atomic mass is 15.2. The van der Waals surface area contributed by atoms with Crippen LogP contribution in [0.3, 0.4) is 0 Å². The van der Waals surface area contributed by atoms with Gasteiger partial charge in [0, 0.05) is 18.9 Å². The molecule has 0 fully saturated rings. The molecule has 0 saturated carbocycles. The zero-order valence-corrected chi connectivity index (χ0v) is 10.8. The Morgan fingerprint density at radius 2 is 1.89 bits per heavy atom. The molecule has 92 valence electrons. The number of hydrogen-bond acceptors (Lipinski definition) is 3. The fourth-order valence-corrected chi connectivity index (χ4v) is 1.40. The van der Waals surface area contributed by atoms with E-state index in [0.29, 0.717) is 5.95 Å². The van der Waals surface area contributed by atoms with E-state index in [1.54, 1.807) is 11.2 Å². The van der Waals surface area contributed by atoms with Crippen LogP contribution in [0.15, 0.2) is 41.5 Å². The van der Waals surface area contributed by atoms with Crippen molar-refractivity contribution in [2.75, 3.05) is 11.9 Å². The summed E-state index contributed by atoms with van der Waals surface area (Å²) in [6.45, 7) is 3.97. The van der Waals surface area contributed by atoms with E-state index in [0.717, 1.165) is 16.9 Å². The van der Waals surface area contributed by atoms with Crippen LogP contribution in [0.2, 0.25) is 0 Å². The van der Waals surface area contributed by atoms with E-state index in [-0.39, 0.29) is 0 Å². The first-order valence-electron chi connectivity index (χ1n) is 5.79. The van der Waals surface area contributed by atoms with Crippen LogP contribution in [-0.4, -0.2) is 23.4 Å². The van der Waals surface area contributed by atoms with Crippen LogP contribution in [0.25, 0.3) is 0 Å². The second-order valence-electron chi connectivity index (χ2n) is 4.13. The lowest BCUT2D eigenvalue weighted by molar-refractivity contribution is 1.02. The van der Waals surface area contributed by atoms with E-state index in [1.165, 1.54) is 0 Å². The van der Waals surface area contributed by atoms with E-state index in [9.17, 15) is 0 Å². The summed E-state index contributed by atoms with van der Waals surface area (Å²) in [4.78, 5) is 14.8. The molecule has 0 N–H and O–H groups in total. The molecular formula is C14H16N4. The van der Waals surface area contributed by atoms with Gasteiger partial charge in [0.05, 0.1) is 12.0 Å². The number of nitrogens with zero attached hydrogens (tertiary/aromatic N) is 4. The van der Waals surface area contributed by atoms with Crippen molar-refractivity contribution < 1.29 is 0 Å². The number of para-hydroxylation sites is 1. The summed E-state index contributed by atoms with van der Waals surface area (Å²) in [5, 5.41) is 0. The maximum absolute atomic E-state index is 4.41. The van der Waals surface area contributed by atoms with Crippen LogP contribution < -0.4 is 4.90 Å². The summed E-state index contributed by atoms with van der Waals surface area (Å²) in [7, 11) is 1.89. The van der Waals surface area contributed by atoms with Gasteiger partial charge in [-0.25, -0.2) is 15.0 Å². The van der Waals surface area contributed by atoms with Crippen LogP contribution in [0.5, 0.6) is 0 Å². The van der Waals surface area contributed by atoms with Gasteiger partial charge in [-0.05, 0) is 31.5 Å². The van der Waals surface area contributed by atoms with Crippen LogP contribution in [0.4, 0.5) is 11.6 Å². The first-order valence-corrected chi connectivity index (χ1v) is 5.79. The van der Waals surface area contributed by atoms with E-state index in [4.69, 9.17) is 0 Å². The number of rotatable bonds is 3. The average Bonchev–Trinajstić information content (AvgIpc) is 2.40. The summed E-state index contributed by atoms with van der Waals surface area (Å²) < 4.78 is 0. The highest BCUT2D eigenvalue weighted by Gasteiger charge is 2.03. The molecule has 4 heteroatoms. The molecule has 4 nitrogen and oxygen atoms in total. The Bertz CT molecular complexity index is 549. The molecule has 2 aromatic rings. The van der Waals surface area contributed by atoms with E-state index in [1.807, 2.05) is 57.4 Å². The van der Waals surface area contributed by atoms with Crippen molar-refractivity contribution in [3.63, 3.8) is 0 Å². The molecule has 1 heterocycles. The van der Waals surface area contributed by atoms with Crippen molar-refractivity contribution in [2.45, 2.75) is 13.8 Å². The molecule has 0 spiro atoms. The minimum atomic E-state index is 0.651. The first-order chi connectivity index (χ1) is 8.66. The fraction of sp³-hybridized carbons (Fsp3) is 0.214. The second kappa shape index (κ2) is 5.40. The highest BCUT2D eigenvalue weighted by molar-refractivity contribution is 5.77. The highest BCUT2D eigenvalue weighted by Crippen LogP contribution is 2.11. The molecule has 0 amide bonds. The second-order valence-corrected chi connectivity index (χ2v) is 4.13. The third-order valence-electron chi connectivity index (χ3n) is 2.66. The summed E-state index contributed by atoms with van der Waals surface area (Å²) in [5.74, 6) is 0.651. The van der Waals surface area contributed by atoms with Crippen molar-refractivity contribution in [1.82, 2.24) is 9.97 Å². The van der Waals surface area contributed by atoms with Crippen molar-refractivity contribution in [3.8, 4) is 0 Å². The predicted octanol–water partition coefficient (Wildman–Crippen LogP) is 2.89. The molecule has 0 aliphatic carbocycles. The SMILES string of the molecule is Cc1cnc(N(C)C=Nc2ccccc2)nc1C. The molecular weight excluding hydrogens is 224 g/mol. The Morgan fingerprint density at radius 1 is 1.17 bits per heavy atom. The van der Waals surface area contributed by atoms with E-state index < -0.39 is 0 Å². The lowest BCUT2D eigenvalue weighted by Gasteiger charge is -2.11. The van der Waals surface area contributed by atoms with Crippen molar-refractivity contribution >= 4 is 18.0 Å². The molecule has 0 aliphatic heterocycles. The van der Waals surface area contributed by atoms with Crippen LogP contribution in [0, 0.1) is 13.8 Å². The van der Waals surface area contributed by atoms with Crippen molar-refractivity contribution in [2.24, 2.45) is 4.99 Å². The summed E-state index contributed by atoms with van der Waals surface area (Å²) in [6, 6.07) is 9.78. The van der Waals surface area contributed by atoms with Gasteiger partial charge >= 0.3 is 0 Å². The van der Waals surface area contributed by atoms with Crippen molar-refractivity contribution in [1.29, 1.82) is 0 Å². The minimum Gasteiger partial charge on any atom is -0.304 e. The standard InChI is InChI=1S/C14H16N4/c1-11-9-15-14(17-12(11)2)18(3)10-16-13-7-5-4-6-8-13/h4-10H,1-3H3. The maximum Gasteiger partial charge on any atom is 0.230 e. The van der Waals surface area contributed by atoms with Gasteiger partial charge in [0.15, 0.2) is 0 Å². The quantitative estimate of drug-likeness (QED) is 0.612. The smallest absolute Gasteiger partial charge is 0.230 e. The summed E-state index contributed by atoms with van der Waals surface area (Å²) >= 11 is 0. The fourth-order valence-electron chi connectivity index (χ4n) is 1.40. The van der Waals surface area contributed by atoms with Gasteiger partial charge in [-0.3, -0.25) is 0 Å². The van der Waals surface area contributed by atoms with Gasteiger partial charge in [0.25, 0.3) is 0 Å². The molecule has 1 aromatic heterocycles. The Labute approximate surface area is 107 Å². The number of aryl methyl sites for hydroxylation is 2. The molecule has 0 saturated heterocycles. The Hall–Kier alpha value is -2.23. The average molecular weight is 240 g/mol. The van der Waals surface area contributed by atoms with Gasteiger partial charge in [-0.15, -0.1) is 0 Å². The third-order valence-corrected chi connectivity index (χ3v) is 2.66. The largest absolute Gasteiger partial charge is 0.304 e. The number of aliphatic imine (C=N–C) groups is 1. The molecule has 18 heavy (non-hydrogen) atoms. The van der Waals surface area contributed by atoms with Gasteiger partial charge in [-0.2, -0.15) is 0 Å². The third kappa shape index (κ3) is 2.91. The van der Waals surface area contributed by atoms with Crippen LogP contribution >= 0.6 is 0 Å².